The first-order valence-corrected chi connectivity index (χ1v) is 11.5. The number of aliphatic imine (C=N–C) groups is 1. The number of aromatic nitrogens is 3. The average Bonchev–Trinajstić information content (AvgIpc) is 2.87. The Bertz CT molecular complexity index is 1140. The van der Waals surface area contributed by atoms with Crippen LogP contribution in [0.4, 0.5) is 17.2 Å². The number of aryl methyl sites for hydroxylation is 1. The predicted octanol–water partition coefficient (Wildman–Crippen LogP) is 5.22. The van der Waals surface area contributed by atoms with Gasteiger partial charge in [-0.25, -0.2) is 18.4 Å². The largest absolute Gasteiger partial charge is 0.336 e. The lowest BCUT2D eigenvalue weighted by Gasteiger charge is -2.13. The number of anilines is 2. The molecule has 0 saturated carbocycles. The Kier molecular flexibility index (Phi) is 7.39. The molecule has 160 valence electrons. The summed E-state index contributed by atoms with van der Waals surface area (Å²) in [4.78, 5) is 8.75. The van der Waals surface area contributed by atoms with E-state index in [9.17, 15) is 8.42 Å². The second kappa shape index (κ2) is 9.40. The average molecular weight is 448 g/mol. The van der Waals surface area contributed by atoms with E-state index in [1.54, 1.807) is 12.2 Å². The molecule has 3 heterocycles. The molecule has 9 heteroatoms. The first-order chi connectivity index (χ1) is 14.0. The van der Waals surface area contributed by atoms with Crippen LogP contribution >= 0.6 is 11.6 Å². The number of hydrogen-bond donors (Lipinski definition) is 2. The van der Waals surface area contributed by atoms with Crippen LogP contribution in [0.3, 0.4) is 0 Å². The Morgan fingerprint density at radius 2 is 1.93 bits per heavy atom. The van der Waals surface area contributed by atoms with Crippen LogP contribution in [0.5, 0.6) is 0 Å². The Hall–Kier alpha value is -2.71. The smallest absolute Gasteiger partial charge is 0.192 e. The highest BCUT2D eigenvalue weighted by Crippen LogP contribution is 2.37. The molecule has 0 spiro atoms. The van der Waals surface area contributed by atoms with Gasteiger partial charge in [-0.15, -0.1) is 0 Å². The number of allylic oxidation sites excluding steroid dienone is 4. The minimum atomic E-state index is -3.48. The molecule has 3 rings (SSSR count). The monoisotopic (exact) mass is 447 g/mol. The van der Waals surface area contributed by atoms with E-state index in [0.29, 0.717) is 34.0 Å². The van der Waals surface area contributed by atoms with Crippen molar-refractivity contribution in [2.45, 2.75) is 32.7 Å². The highest BCUT2D eigenvalue weighted by Gasteiger charge is 2.25. The summed E-state index contributed by atoms with van der Waals surface area (Å²) in [6.45, 7) is 15.8. The van der Waals surface area contributed by atoms with E-state index >= 15 is 0 Å². The standard InChI is InChI=1S/C17H16ClN5O2S.C4H10/c1-5-6-11(9(2)18)16-12-8-19-14(26(4,24)25)7-13(12)20-17-15(21-16)10(3)22-23-17;1-4(2)3/h5-8H,1-2H2,3-4H3,(H2,20,22,23);4H,1-3H3/b11-6+;. The van der Waals surface area contributed by atoms with E-state index in [-0.39, 0.29) is 10.1 Å². The van der Waals surface area contributed by atoms with Gasteiger partial charge in [0.05, 0.1) is 17.1 Å². The molecule has 7 nitrogen and oxygen atoms in total. The fourth-order valence-electron chi connectivity index (χ4n) is 2.50. The molecular formula is C21H26ClN5O2S. The number of aromatic amines is 1. The lowest BCUT2D eigenvalue weighted by Crippen LogP contribution is -2.10. The van der Waals surface area contributed by atoms with Crippen LogP contribution in [0, 0.1) is 12.8 Å². The number of pyridine rings is 1. The summed E-state index contributed by atoms with van der Waals surface area (Å²) < 4.78 is 23.8. The van der Waals surface area contributed by atoms with Crippen molar-refractivity contribution >= 4 is 44.3 Å². The first kappa shape index (κ1) is 23.6. The molecule has 30 heavy (non-hydrogen) atoms. The molecule has 0 radical (unpaired) electrons. The van der Waals surface area contributed by atoms with Crippen molar-refractivity contribution in [3.8, 4) is 0 Å². The molecule has 0 saturated heterocycles. The number of hydrogen-bond acceptors (Lipinski definition) is 6. The van der Waals surface area contributed by atoms with Gasteiger partial charge in [-0.3, -0.25) is 5.10 Å². The van der Waals surface area contributed by atoms with Crippen LogP contribution in [-0.4, -0.2) is 35.6 Å². The summed E-state index contributed by atoms with van der Waals surface area (Å²) in [7, 11) is -3.48. The predicted molar refractivity (Wildman–Crippen MR) is 124 cm³/mol. The molecule has 2 N–H and O–H groups in total. The van der Waals surface area contributed by atoms with Gasteiger partial charge in [0.1, 0.15) is 5.69 Å². The molecule has 0 unspecified atom stereocenters. The molecule has 0 atom stereocenters. The van der Waals surface area contributed by atoms with Gasteiger partial charge in [-0.05, 0) is 18.9 Å². The zero-order valence-corrected chi connectivity index (χ0v) is 19.3. The van der Waals surface area contributed by atoms with Crippen LogP contribution in [-0.2, 0) is 9.84 Å². The number of nitrogens with one attached hydrogen (secondary N) is 2. The van der Waals surface area contributed by atoms with Crippen molar-refractivity contribution in [3.63, 3.8) is 0 Å². The highest BCUT2D eigenvalue weighted by molar-refractivity contribution is 7.90. The number of rotatable bonds is 4. The lowest BCUT2D eigenvalue weighted by molar-refractivity contribution is 0.598. The van der Waals surface area contributed by atoms with Crippen LogP contribution in [0.1, 0.15) is 32.0 Å². The Labute approximate surface area is 182 Å². The zero-order chi connectivity index (χ0) is 22.6. The zero-order valence-electron chi connectivity index (χ0n) is 17.7. The van der Waals surface area contributed by atoms with Crippen molar-refractivity contribution in [2.24, 2.45) is 10.9 Å². The quantitative estimate of drug-likeness (QED) is 0.625. The van der Waals surface area contributed by atoms with E-state index in [4.69, 9.17) is 11.6 Å². The molecule has 1 aliphatic heterocycles. The highest BCUT2D eigenvalue weighted by atomic mass is 35.5. The fraction of sp³-hybridized carbons (Fsp3) is 0.286. The van der Waals surface area contributed by atoms with Gasteiger partial charge in [0, 0.05) is 28.6 Å². The van der Waals surface area contributed by atoms with Gasteiger partial charge >= 0.3 is 0 Å². The Morgan fingerprint density at radius 3 is 2.47 bits per heavy atom. The minimum absolute atomic E-state index is 0.0576. The molecular weight excluding hydrogens is 422 g/mol. The van der Waals surface area contributed by atoms with Crippen LogP contribution in [0.15, 0.2) is 58.2 Å². The van der Waals surface area contributed by atoms with Gasteiger partial charge in [-0.1, -0.05) is 57.7 Å². The maximum Gasteiger partial charge on any atom is 0.192 e. The van der Waals surface area contributed by atoms with Gasteiger partial charge in [-0.2, -0.15) is 5.10 Å². The van der Waals surface area contributed by atoms with Gasteiger partial charge in [0.2, 0.25) is 0 Å². The molecule has 2 aromatic heterocycles. The molecule has 0 aliphatic carbocycles. The van der Waals surface area contributed by atoms with Crippen LogP contribution in [0.2, 0.25) is 0 Å². The second-order valence-electron chi connectivity index (χ2n) is 7.42. The van der Waals surface area contributed by atoms with Crippen molar-refractivity contribution in [1.82, 2.24) is 15.2 Å². The molecule has 0 aromatic carbocycles. The van der Waals surface area contributed by atoms with Crippen molar-refractivity contribution in [3.05, 3.63) is 59.4 Å². The molecule has 1 aliphatic rings. The summed E-state index contributed by atoms with van der Waals surface area (Å²) in [5.41, 5.74) is 3.44. The summed E-state index contributed by atoms with van der Waals surface area (Å²) in [6, 6.07) is 1.45. The first-order valence-electron chi connectivity index (χ1n) is 9.24. The third-order valence-corrected chi connectivity index (χ3v) is 4.92. The third-order valence-electron chi connectivity index (χ3n) is 3.74. The third kappa shape index (κ3) is 5.46. The van der Waals surface area contributed by atoms with E-state index in [1.165, 1.54) is 12.3 Å². The maximum absolute atomic E-state index is 11.9. The summed E-state index contributed by atoms with van der Waals surface area (Å²) in [5, 5.41) is 10.4. The number of halogens is 1. The number of nitrogens with zero attached hydrogens (tertiary/aromatic N) is 3. The minimum Gasteiger partial charge on any atom is -0.336 e. The maximum atomic E-state index is 11.9. The van der Waals surface area contributed by atoms with E-state index < -0.39 is 9.84 Å². The normalized spacial score (nSPS) is 13.2. The lowest BCUT2D eigenvalue weighted by atomic mass is 10.0. The van der Waals surface area contributed by atoms with Gasteiger partial charge in [0.25, 0.3) is 0 Å². The number of fused-ring (bicyclic) bond motifs is 2. The summed E-state index contributed by atoms with van der Waals surface area (Å²) in [6.07, 6.45) is 5.80. The van der Waals surface area contributed by atoms with Gasteiger partial charge in [0.15, 0.2) is 20.7 Å². The summed E-state index contributed by atoms with van der Waals surface area (Å²) >= 11 is 6.17. The summed E-state index contributed by atoms with van der Waals surface area (Å²) in [5.74, 6) is 1.31. The second-order valence-corrected chi connectivity index (χ2v) is 9.84. The van der Waals surface area contributed by atoms with E-state index in [1.807, 2.05) is 6.92 Å². The topological polar surface area (TPSA) is 100 Å². The van der Waals surface area contributed by atoms with E-state index in [0.717, 1.165) is 17.9 Å². The molecule has 2 aromatic rings. The van der Waals surface area contributed by atoms with Crippen molar-refractivity contribution in [2.75, 3.05) is 11.6 Å². The van der Waals surface area contributed by atoms with Crippen molar-refractivity contribution in [1.29, 1.82) is 0 Å². The SMILES string of the molecule is C=C/C=C(\C(=C)Cl)C1=Nc2c(n[nH]c2C)Nc2cc(S(C)(=O)=O)ncc21.CC(C)C. The fourth-order valence-corrected chi connectivity index (χ4v) is 3.23. The van der Waals surface area contributed by atoms with Crippen molar-refractivity contribution < 1.29 is 8.42 Å². The molecule has 0 amide bonds. The van der Waals surface area contributed by atoms with Crippen LogP contribution in [0.25, 0.3) is 0 Å². The number of H-pyrrole nitrogens is 1. The van der Waals surface area contributed by atoms with Crippen LogP contribution < -0.4 is 5.32 Å². The molecule has 0 fully saturated rings. The Morgan fingerprint density at radius 1 is 1.30 bits per heavy atom. The molecule has 0 bridgehead atoms. The van der Waals surface area contributed by atoms with E-state index in [2.05, 4.69) is 59.4 Å². The Balaban J connectivity index is 0.000000735. The number of sulfone groups is 1. The van der Waals surface area contributed by atoms with Gasteiger partial charge < -0.3 is 5.32 Å².